The highest BCUT2D eigenvalue weighted by atomic mass is 35.5. The van der Waals surface area contributed by atoms with Crippen molar-refractivity contribution in [2.75, 3.05) is 11.4 Å². The molecule has 156 valence electrons. The number of halogens is 1. The fourth-order valence-electron chi connectivity index (χ4n) is 2.84. The molecule has 0 aliphatic carbocycles. The van der Waals surface area contributed by atoms with E-state index in [4.69, 9.17) is 21.5 Å². The Hall–Kier alpha value is -3.07. The number of hydrogen-bond donors (Lipinski definition) is 2. The van der Waals surface area contributed by atoms with Gasteiger partial charge in [-0.3, -0.25) is 14.3 Å². The van der Waals surface area contributed by atoms with E-state index >= 15 is 0 Å². The van der Waals surface area contributed by atoms with E-state index in [2.05, 4.69) is 0 Å². The van der Waals surface area contributed by atoms with Crippen molar-refractivity contribution in [2.24, 2.45) is 0 Å². The highest BCUT2D eigenvalue weighted by Crippen LogP contribution is 2.33. The fraction of sp³-hybridized carbons (Fsp3) is 0.0952. The Bertz CT molecular complexity index is 1140. The van der Waals surface area contributed by atoms with Crippen LogP contribution in [0.1, 0.15) is 15.9 Å². The monoisotopic (exact) mass is 446 g/mol. The molecule has 3 rings (SSSR count). The number of carbonyl (C=O) groups excluding carboxylic acids is 1. The van der Waals surface area contributed by atoms with E-state index in [1.165, 1.54) is 47.2 Å². The lowest BCUT2D eigenvalue weighted by molar-refractivity contribution is 0.0706. The van der Waals surface area contributed by atoms with E-state index in [0.29, 0.717) is 5.75 Å². The molecule has 0 saturated carbocycles. The SMILES string of the molecule is COc1ccc(S(=O)(=O)N(Cc2ccccc2)c2ccc(C(=O)NO)cc2Cl)cc1. The summed E-state index contributed by atoms with van der Waals surface area (Å²) >= 11 is 6.34. The Morgan fingerprint density at radius 1 is 1.07 bits per heavy atom. The van der Waals surface area contributed by atoms with Crippen LogP contribution in [-0.2, 0) is 16.6 Å². The third-order valence-electron chi connectivity index (χ3n) is 4.40. The summed E-state index contributed by atoms with van der Waals surface area (Å²) in [6, 6.07) is 19.2. The lowest BCUT2D eigenvalue weighted by Gasteiger charge is -2.26. The summed E-state index contributed by atoms with van der Waals surface area (Å²) in [5.41, 5.74) is 2.57. The van der Waals surface area contributed by atoms with E-state index in [9.17, 15) is 13.2 Å². The number of carbonyl (C=O) groups is 1. The van der Waals surface area contributed by atoms with E-state index in [0.717, 1.165) is 5.56 Å². The van der Waals surface area contributed by atoms with E-state index in [-0.39, 0.29) is 27.7 Å². The first-order valence-electron chi connectivity index (χ1n) is 8.81. The average molecular weight is 447 g/mol. The second kappa shape index (κ2) is 9.17. The molecule has 0 aliphatic heterocycles. The number of nitrogens with zero attached hydrogens (tertiary/aromatic N) is 1. The van der Waals surface area contributed by atoms with Crippen LogP contribution in [0, 0.1) is 0 Å². The minimum absolute atomic E-state index is 0.0282. The molecule has 0 atom stereocenters. The van der Waals surface area contributed by atoms with Gasteiger partial charge in [0.05, 0.1) is 29.3 Å². The number of benzene rings is 3. The highest BCUT2D eigenvalue weighted by Gasteiger charge is 2.27. The second-order valence-electron chi connectivity index (χ2n) is 6.28. The average Bonchev–Trinajstić information content (AvgIpc) is 2.77. The van der Waals surface area contributed by atoms with Gasteiger partial charge in [0, 0.05) is 5.56 Å². The zero-order chi connectivity index (χ0) is 21.7. The van der Waals surface area contributed by atoms with Gasteiger partial charge in [-0.25, -0.2) is 13.9 Å². The molecule has 9 heteroatoms. The number of methoxy groups -OCH3 is 1. The van der Waals surface area contributed by atoms with Crippen LogP contribution < -0.4 is 14.5 Å². The molecule has 2 N–H and O–H groups in total. The molecule has 0 heterocycles. The number of hydroxylamine groups is 1. The number of nitrogens with one attached hydrogen (secondary N) is 1. The molecule has 0 spiro atoms. The number of sulfonamides is 1. The standard InChI is InChI=1S/C21H19ClN2O5S/c1-29-17-8-10-18(11-9-17)30(27,28)24(14-15-5-3-2-4-6-15)20-12-7-16(13-19(20)22)21(25)23-26/h2-13,26H,14H2,1H3,(H,23,25). The van der Waals surface area contributed by atoms with Gasteiger partial charge in [-0.1, -0.05) is 41.9 Å². The predicted molar refractivity (Wildman–Crippen MR) is 114 cm³/mol. The predicted octanol–water partition coefficient (Wildman–Crippen LogP) is 3.86. The van der Waals surface area contributed by atoms with Crippen LogP contribution in [0.25, 0.3) is 0 Å². The number of anilines is 1. The topological polar surface area (TPSA) is 95.9 Å². The van der Waals surface area contributed by atoms with E-state index in [1.807, 2.05) is 18.2 Å². The molecule has 3 aromatic carbocycles. The molecule has 7 nitrogen and oxygen atoms in total. The second-order valence-corrected chi connectivity index (χ2v) is 8.55. The van der Waals surface area contributed by atoms with Crippen LogP contribution in [0.2, 0.25) is 5.02 Å². The van der Waals surface area contributed by atoms with Crippen molar-refractivity contribution in [3.8, 4) is 5.75 Å². The summed E-state index contributed by atoms with van der Waals surface area (Å²) in [4.78, 5) is 11.7. The molecule has 0 aromatic heterocycles. The molecular weight excluding hydrogens is 428 g/mol. The Kier molecular flexibility index (Phi) is 6.61. The Morgan fingerprint density at radius 2 is 1.73 bits per heavy atom. The number of rotatable bonds is 7. The van der Waals surface area contributed by atoms with Gasteiger partial charge < -0.3 is 4.74 Å². The summed E-state index contributed by atoms with van der Waals surface area (Å²) < 4.78 is 33.2. The Balaban J connectivity index is 2.09. The van der Waals surface area contributed by atoms with Crippen molar-refractivity contribution < 1.29 is 23.2 Å². The highest BCUT2D eigenvalue weighted by molar-refractivity contribution is 7.92. The molecule has 0 aliphatic rings. The molecule has 0 bridgehead atoms. The number of ether oxygens (including phenoxy) is 1. The molecule has 0 fully saturated rings. The van der Waals surface area contributed by atoms with Gasteiger partial charge in [0.15, 0.2) is 0 Å². The smallest absolute Gasteiger partial charge is 0.274 e. The van der Waals surface area contributed by atoms with Crippen molar-refractivity contribution in [1.82, 2.24) is 5.48 Å². The minimum atomic E-state index is -4.00. The lowest BCUT2D eigenvalue weighted by atomic mass is 10.2. The number of amides is 1. The maximum Gasteiger partial charge on any atom is 0.274 e. The van der Waals surface area contributed by atoms with Crippen LogP contribution in [0.3, 0.4) is 0 Å². The number of hydrogen-bond acceptors (Lipinski definition) is 5. The van der Waals surface area contributed by atoms with Gasteiger partial charge in [0.25, 0.3) is 15.9 Å². The maximum absolute atomic E-state index is 13.5. The van der Waals surface area contributed by atoms with E-state index < -0.39 is 15.9 Å². The van der Waals surface area contributed by atoms with Crippen LogP contribution in [0.5, 0.6) is 5.75 Å². The van der Waals surface area contributed by atoms with Gasteiger partial charge in [0.2, 0.25) is 0 Å². The molecule has 0 unspecified atom stereocenters. The molecule has 30 heavy (non-hydrogen) atoms. The maximum atomic E-state index is 13.5. The summed E-state index contributed by atoms with van der Waals surface area (Å²) in [5.74, 6) is -0.225. The molecule has 0 radical (unpaired) electrons. The van der Waals surface area contributed by atoms with Crippen molar-refractivity contribution in [3.63, 3.8) is 0 Å². The Labute approximate surface area is 179 Å². The third kappa shape index (κ3) is 4.56. The summed E-state index contributed by atoms with van der Waals surface area (Å²) in [5, 5.41) is 8.86. The largest absolute Gasteiger partial charge is 0.497 e. The first-order chi connectivity index (χ1) is 14.4. The van der Waals surface area contributed by atoms with E-state index in [1.54, 1.807) is 24.3 Å². The van der Waals surface area contributed by atoms with Gasteiger partial charge in [0.1, 0.15) is 5.75 Å². The first-order valence-corrected chi connectivity index (χ1v) is 10.6. The summed E-state index contributed by atoms with van der Waals surface area (Å²) in [7, 11) is -2.50. The van der Waals surface area contributed by atoms with Crippen LogP contribution in [0.15, 0.2) is 77.7 Å². The third-order valence-corrected chi connectivity index (χ3v) is 6.47. The zero-order valence-corrected chi connectivity index (χ0v) is 17.5. The first kappa shape index (κ1) is 21.6. The van der Waals surface area contributed by atoms with Crippen molar-refractivity contribution in [1.29, 1.82) is 0 Å². The normalized spacial score (nSPS) is 11.0. The molecule has 0 saturated heterocycles. The zero-order valence-electron chi connectivity index (χ0n) is 15.9. The summed E-state index contributed by atoms with van der Waals surface area (Å²) in [6.07, 6.45) is 0. The molecule has 3 aromatic rings. The van der Waals surface area contributed by atoms with Crippen LogP contribution in [0.4, 0.5) is 5.69 Å². The van der Waals surface area contributed by atoms with Crippen molar-refractivity contribution in [2.45, 2.75) is 11.4 Å². The van der Waals surface area contributed by atoms with Crippen LogP contribution in [-0.4, -0.2) is 26.6 Å². The molecular formula is C21H19ClN2O5S. The molecule has 1 amide bonds. The Morgan fingerprint density at radius 3 is 2.30 bits per heavy atom. The summed E-state index contributed by atoms with van der Waals surface area (Å²) in [6.45, 7) is 0.0282. The van der Waals surface area contributed by atoms with Gasteiger partial charge >= 0.3 is 0 Å². The van der Waals surface area contributed by atoms with Gasteiger partial charge in [-0.2, -0.15) is 0 Å². The van der Waals surface area contributed by atoms with Gasteiger partial charge in [-0.05, 0) is 48.0 Å². The lowest BCUT2D eigenvalue weighted by Crippen LogP contribution is -2.31. The van der Waals surface area contributed by atoms with Crippen LogP contribution >= 0.6 is 11.6 Å². The minimum Gasteiger partial charge on any atom is -0.497 e. The van der Waals surface area contributed by atoms with Crippen molar-refractivity contribution >= 4 is 33.2 Å². The van der Waals surface area contributed by atoms with Crippen molar-refractivity contribution in [3.05, 3.63) is 88.9 Å². The quantitative estimate of drug-likeness (QED) is 0.424. The van der Waals surface area contributed by atoms with Gasteiger partial charge in [-0.15, -0.1) is 0 Å². The fourth-order valence-corrected chi connectivity index (χ4v) is 4.64.